The maximum absolute atomic E-state index is 10.5. The van der Waals surface area contributed by atoms with Crippen molar-refractivity contribution in [1.29, 1.82) is 0 Å². The van der Waals surface area contributed by atoms with Crippen LogP contribution in [0.1, 0.15) is 5.56 Å². The third kappa shape index (κ3) is 2.67. The molecule has 0 aliphatic rings. The zero-order valence-electron chi connectivity index (χ0n) is 8.00. The Kier molecular flexibility index (Phi) is 3.61. The Labute approximate surface area is 85.6 Å². The number of carbonyl (C=O) groups excluding carboxylic acids is 1. The van der Waals surface area contributed by atoms with Gasteiger partial charge in [-0.25, -0.2) is 0 Å². The smallest absolute Gasteiger partial charge is 0.310 e. The molecule has 0 fully saturated rings. The molecule has 15 heavy (non-hydrogen) atoms. The average molecular weight is 211 g/mol. The van der Waals surface area contributed by atoms with Crippen molar-refractivity contribution in [1.82, 2.24) is 0 Å². The molecule has 1 rings (SSSR count). The Balaban J connectivity index is 2.96. The first-order chi connectivity index (χ1) is 7.19. The van der Waals surface area contributed by atoms with E-state index in [4.69, 9.17) is 4.74 Å². The summed E-state index contributed by atoms with van der Waals surface area (Å²) < 4.78 is 9.36. The van der Waals surface area contributed by atoms with Crippen molar-refractivity contribution in [2.45, 2.75) is 6.61 Å². The van der Waals surface area contributed by atoms with Crippen LogP contribution in [0.5, 0.6) is 5.75 Å². The molecule has 0 aliphatic carbocycles. The van der Waals surface area contributed by atoms with Gasteiger partial charge in [-0.1, -0.05) is 0 Å². The second kappa shape index (κ2) is 4.94. The molecule has 80 valence electrons. The van der Waals surface area contributed by atoms with Gasteiger partial charge in [0.05, 0.1) is 12.0 Å². The number of hydrogen-bond acceptors (Lipinski definition) is 5. The van der Waals surface area contributed by atoms with E-state index in [-0.39, 0.29) is 18.0 Å². The predicted molar refractivity (Wildman–Crippen MR) is 50.5 cm³/mol. The quantitative estimate of drug-likeness (QED) is 0.416. The van der Waals surface area contributed by atoms with Crippen molar-refractivity contribution in [3.05, 3.63) is 33.9 Å². The van der Waals surface area contributed by atoms with Crippen molar-refractivity contribution in [3.63, 3.8) is 0 Å². The summed E-state index contributed by atoms with van der Waals surface area (Å²) in [6, 6.07) is 4.27. The van der Waals surface area contributed by atoms with E-state index in [1.54, 1.807) is 0 Å². The number of nitro groups is 1. The fourth-order valence-corrected chi connectivity index (χ4v) is 1.09. The first kappa shape index (κ1) is 11.0. The van der Waals surface area contributed by atoms with E-state index in [2.05, 4.69) is 4.74 Å². The second-order valence-corrected chi connectivity index (χ2v) is 2.67. The van der Waals surface area contributed by atoms with Crippen LogP contribution in [0.2, 0.25) is 0 Å². The second-order valence-electron chi connectivity index (χ2n) is 2.67. The SMILES string of the molecule is COc1cc(COC=O)ccc1[N+](=O)[O-]. The Bertz CT molecular complexity index is 377. The highest BCUT2D eigenvalue weighted by molar-refractivity contribution is 5.48. The Morgan fingerprint density at radius 2 is 2.27 bits per heavy atom. The highest BCUT2D eigenvalue weighted by Crippen LogP contribution is 2.27. The van der Waals surface area contributed by atoms with Gasteiger partial charge in [0.15, 0.2) is 5.75 Å². The van der Waals surface area contributed by atoms with Gasteiger partial charge in [0.1, 0.15) is 6.61 Å². The number of benzene rings is 1. The largest absolute Gasteiger partial charge is 0.490 e. The van der Waals surface area contributed by atoms with Gasteiger partial charge in [-0.2, -0.15) is 0 Å². The molecular formula is C9H9NO5. The Hall–Kier alpha value is -2.11. The lowest BCUT2D eigenvalue weighted by Crippen LogP contribution is -1.96. The predicted octanol–water partition coefficient (Wildman–Crippen LogP) is 1.28. The van der Waals surface area contributed by atoms with Gasteiger partial charge in [-0.05, 0) is 17.7 Å². The summed E-state index contributed by atoms with van der Waals surface area (Å²) in [7, 11) is 1.34. The number of ether oxygens (including phenoxy) is 2. The molecule has 0 saturated carbocycles. The molecule has 0 spiro atoms. The van der Waals surface area contributed by atoms with Gasteiger partial charge >= 0.3 is 5.69 Å². The number of hydrogen-bond donors (Lipinski definition) is 0. The molecule has 0 heterocycles. The van der Waals surface area contributed by atoms with Crippen LogP contribution in [0, 0.1) is 10.1 Å². The van der Waals surface area contributed by atoms with Gasteiger partial charge in [-0.15, -0.1) is 0 Å². The Morgan fingerprint density at radius 1 is 1.53 bits per heavy atom. The standard InChI is InChI=1S/C9H9NO5/c1-14-9-4-7(5-15-6-11)2-3-8(9)10(12)13/h2-4,6H,5H2,1H3. The summed E-state index contributed by atoms with van der Waals surface area (Å²) in [6.45, 7) is 0.381. The Morgan fingerprint density at radius 3 is 2.80 bits per heavy atom. The van der Waals surface area contributed by atoms with Crippen LogP contribution < -0.4 is 4.74 Å². The van der Waals surface area contributed by atoms with Gasteiger partial charge in [0, 0.05) is 6.07 Å². The molecular weight excluding hydrogens is 202 g/mol. The van der Waals surface area contributed by atoms with Crippen LogP contribution in [0.25, 0.3) is 0 Å². The van der Waals surface area contributed by atoms with E-state index in [1.165, 1.54) is 25.3 Å². The molecule has 0 N–H and O–H groups in total. The average Bonchev–Trinajstić information content (AvgIpc) is 2.25. The number of methoxy groups -OCH3 is 1. The minimum absolute atomic E-state index is 0.0673. The van der Waals surface area contributed by atoms with Crippen molar-refractivity contribution < 1.29 is 19.2 Å². The molecule has 0 radical (unpaired) electrons. The highest BCUT2D eigenvalue weighted by atomic mass is 16.6. The molecule has 1 aromatic carbocycles. The molecule has 0 bridgehead atoms. The molecule has 0 saturated heterocycles. The topological polar surface area (TPSA) is 78.7 Å². The zero-order chi connectivity index (χ0) is 11.3. The molecule has 0 atom stereocenters. The van der Waals surface area contributed by atoms with E-state index < -0.39 is 4.92 Å². The fourth-order valence-electron chi connectivity index (χ4n) is 1.09. The minimum Gasteiger partial charge on any atom is -0.490 e. The van der Waals surface area contributed by atoms with Gasteiger partial charge in [-0.3, -0.25) is 14.9 Å². The molecule has 6 nitrogen and oxygen atoms in total. The molecule has 0 amide bonds. The summed E-state index contributed by atoms with van der Waals surface area (Å²) in [5, 5.41) is 10.5. The summed E-state index contributed by atoms with van der Waals surface area (Å²) in [5.41, 5.74) is 0.511. The third-order valence-electron chi connectivity index (χ3n) is 1.76. The van der Waals surface area contributed by atoms with Crippen LogP contribution in [-0.4, -0.2) is 18.5 Å². The van der Waals surface area contributed by atoms with Crippen LogP contribution in [0.4, 0.5) is 5.69 Å². The molecule has 0 aliphatic heterocycles. The van der Waals surface area contributed by atoms with E-state index >= 15 is 0 Å². The lowest BCUT2D eigenvalue weighted by atomic mass is 10.2. The van der Waals surface area contributed by atoms with Crippen molar-refractivity contribution >= 4 is 12.2 Å². The van der Waals surface area contributed by atoms with Crippen molar-refractivity contribution in [2.24, 2.45) is 0 Å². The maximum atomic E-state index is 10.5. The molecule has 0 unspecified atom stereocenters. The lowest BCUT2D eigenvalue weighted by molar-refractivity contribution is -0.385. The fraction of sp³-hybridized carbons (Fsp3) is 0.222. The van der Waals surface area contributed by atoms with Gasteiger partial charge < -0.3 is 9.47 Å². The van der Waals surface area contributed by atoms with Gasteiger partial charge in [0.2, 0.25) is 0 Å². The lowest BCUT2D eigenvalue weighted by Gasteiger charge is -2.04. The van der Waals surface area contributed by atoms with Crippen molar-refractivity contribution in [3.8, 4) is 5.75 Å². The number of carbonyl (C=O) groups is 1. The number of nitrogens with zero attached hydrogens (tertiary/aromatic N) is 1. The number of rotatable bonds is 5. The summed E-state index contributed by atoms with van der Waals surface area (Å²) >= 11 is 0. The monoisotopic (exact) mass is 211 g/mol. The third-order valence-corrected chi connectivity index (χ3v) is 1.76. The first-order valence-electron chi connectivity index (χ1n) is 4.05. The summed E-state index contributed by atoms with van der Waals surface area (Å²) in [5.74, 6) is 0.145. The van der Waals surface area contributed by atoms with Gasteiger partial charge in [0.25, 0.3) is 6.47 Å². The normalized spacial score (nSPS) is 9.40. The highest BCUT2D eigenvalue weighted by Gasteiger charge is 2.14. The molecule has 0 aromatic heterocycles. The maximum Gasteiger partial charge on any atom is 0.310 e. The molecule has 1 aromatic rings. The van der Waals surface area contributed by atoms with Crippen molar-refractivity contribution in [2.75, 3.05) is 7.11 Å². The van der Waals surface area contributed by atoms with Crippen LogP contribution in [0.15, 0.2) is 18.2 Å². The summed E-state index contributed by atoms with van der Waals surface area (Å²) in [4.78, 5) is 20.0. The summed E-state index contributed by atoms with van der Waals surface area (Å²) in [6.07, 6.45) is 0. The number of nitro benzene ring substituents is 1. The first-order valence-corrected chi connectivity index (χ1v) is 4.05. The van der Waals surface area contributed by atoms with Crippen LogP contribution in [-0.2, 0) is 16.1 Å². The zero-order valence-corrected chi connectivity index (χ0v) is 8.00. The van der Waals surface area contributed by atoms with E-state index in [9.17, 15) is 14.9 Å². The van der Waals surface area contributed by atoms with E-state index in [0.717, 1.165) is 0 Å². The van der Waals surface area contributed by atoms with Crippen LogP contribution >= 0.6 is 0 Å². The van der Waals surface area contributed by atoms with Crippen LogP contribution in [0.3, 0.4) is 0 Å². The molecule has 6 heteroatoms. The van der Waals surface area contributed by atoms with E-state index in [0.29, 0.717) is 12.0 Å². The van der Waals surface area contributed by atoms with E-state index in [1.807, 2.05) is 0 Å². The minimum atomic E-state index is -0.538.